The smallest absolute Gasteiger partial charge is 0.239 e. The van der Waals surface area contributed by atoms with Crippen LogP contribution in [0.15, 0.2) is 42.5 Å². The highest BCUT2D eigenvalue weighted by molar-refractivity contribution is 7.88. The highest BCUT2D eigenvalue weighted by atomic mass is 32.2. The SMILES string of the molecule is CCc1ccccc1NC(=O)CNS(=O)(=O)Cc1cc(OC)ccc1OC. The van der Waals surface area contributed by atoms with E-state index in [0.29, 0.717) is 22.7 Å². The monoisotopic (exact) mass is 392 g/mol. The van der Waals surface area contributed by atoms with Crippen molar-refractivity contribution in [2.24, 2.45) is 0 Å². The maximum absolute atomic E-state index is 12.4. The molecule has 2 N–H and O–H groups in total. The number of anilines is 1. The number of methoxy groups -OCH3 is 2. The Morgan fingerprint density at radius 2 is 1.78 bits per heavy atom. The molecule has 0 bridgehead atoms. The Morgan fingerprint density at radius 1 is 1.04 bits per heavy atom. The molecule has 0 aliphatic carbocycles. The van der Waals surface area contributed by atoms with Crippen molar-refractivity contribution in [3.63, 3.8) is 0 Å². The van der Waals surface area contributed by atoms with Crippen LogP contribution < -0.4 is 19.5 Å². The van der Waals surface area contributed by atoms with Gasteiger partial charge in [-0.1, -0.05) is 25.1 Å². The summed E-state index contributed by atoms with van der Waals surface area (Å²) in [5, 5.41) is 2.73. The molecule has 0 atom stereocenters. The average Bonchev–Trinajstić information content (AvgIpc) is 2.66. The van der Waals surface area contributed by atoms with Crippen molar-refractivity contribution in [3.8, 4) is 11.5 Å². The Morgan fingerprint density at radius 3 is 2.44 bits per heavy atom. The van der Waals surface area contributed by atoms with E-state index in [1.165, 1.54) is 14.2 Å². The predicted octanol–water partition coefficient (Wildman–Crippen LogP) is 2.32. The summed E-state index contributed by atoms with van der Waals surface area (Å²) in [6.07, 6.45) is 0.762. The Kier molecular flexibility index (Phi) is 7.20. The first-order valence-corrected chi connectivity index (χ1v) is 10.1. The van der Waals surface area contributed by atoms with E-state index in [4.69, 9.17) is 9.47 Å². The van der Waals surface area contributed by atoms with E-state index >= 15 is 0 Å². The van der Waals surface area contributed by atoms with Gasteiger partial charge in [0.2, 0.25) is 15.9 Å². The molecule has 0 saturated carbocycles. The Labute approximate surface area is 159 Å². The van der Waals surface area contributed by atoms with Gasteiger partial charge in [0.05, 0.1) is 26.5 Å². The summed E-state index contributed by atoms with van der Waals surface area (Å²) in [7, 11) is -0.783. The van der Waals surface area contributed by atoms with Crippen LogP contribution in [-0.2, 0) is 27.0 Å². The van der Waals surface area contributed by atoms with Crippen LogP contribution in [0.4, 0.5) is 5.69 Å². The molecule has 8 heteroatoms. The molecule has 27 heavy (non-hydrogen) atoms. The van der Waals surface area contributed by atoms with Crippen LogP contribution in [0.2, 0.25) is 0 Å². The minimum Gasteiger partial charge on any atom is -0.497 e. The molecule has 0 aliphatic heterocycles. The number of carbonyl (C=O) groups excluding carboxylic acids is 1. The number of rotatable bonds is 9. The first kappa shape index (κ1) is 20.7. The van der Waals surface area contributed by atoms with Gasteiger partial charge in [0, 0.05) is 11.3 Å². The van der Waals surface area contributed by atoms with Gasteiger partial charge in [-0.15, -0.1) is 0 Å². The van der Waals surface area contributed by atoms with E-state index in [2.05, 4.69) is 10.0 Å². The molecule has 0 saturated heterocycles. The molecule has 7 nitrogen and oxygen atoms in total. The molecular weight excluding hydrogens is 368 g/mol. The fourth-order valence-corrected chi connectivity index (χ4v) is 3.66. The van der Waals surface area contributed by atoms with Gasteiger partial charge in [-0.3, -0.25) is 4.79 Å². The number of ether oxygens (including phenoxy) is 2. The van der Waals surface area contributed by atoms with Crippen LogP contribution in [-0.4, -0.2) is 35.1 Å². The number of hydrogen-bond donors (Lipinski definition) is 2. The lowest BCUT2D eigenvalue weighted by molar-refractivity contribution is -0.115. The van der Waals surface area contributed by atoms with E-state index in [1.54, 1.807) is 24.3 Å². The van der Waals surface area contributed by atoms with Gasteiger partial charge in [-0.25, -0.2) is 13.1 Å². The van der Waals surface area contributed by atoms with Gasteiger partial charge in [-0.05, 0) is 36.2 Å². The maximum atomic E-state index is 12.4. The summed E-state index contributed by atoms with van der Waals surface area (Å²) < 4.78 is 37.4. The van der Waals surface area contributed by atoms with E-state index in [1.807, 2.05) is 25.1 Å². The predicted molar refractivity (Wildman–Crippen MR) is 105 cm³/mol. The summed E-state index contributed by atoms with van der Waals surface area (Å²) in [5.74, 6) is 0.196. The molecule has 0 fully saturated rings. The fraction of sp³-hybridized carbons (Fsp3) is 0.316. The molecule has 0 unspecified atom stereocenters. The summed E-state index contributed by atoms with van der Waals surface area (Å²) in [4.78, 5) is 12.1. The molecular formula is C19H24N2O5S. The van der Waals surface area contributed by atoms with Crippen molar-refractivity contribution in [3.05, 3.63) is 53.6 Å². The number of sulfonamides is 1. The molecule has 0 spiro atoms. The first-order valence-electron chi connectivity index (χ1n) is 8.44. The zero-order valence-corrected chi connectivity index (χ0v) is 16.4. The Balaban J connectivity index is 2.01. The lowest BCUT2D eigenvalue weighted by Gasteiger charge is -2.12. The number of benzene rings is 2. The minimum absolute atomic E-state index is 0.327. The van der Waals surface area contributed by atoms with Crippen LogP contribution in [0.25, 0.3) is 0 Å². The van der Waals surface area contributed by atoms with Gasteiger partial charge < -0.3 is 14.8 Å². The molecule has 2 aromatic rings. The third-order valence-corrected chi connectivity index (χ3v) is 5.23. The van der Waals surface area contributed by atoms with Crippen LogP contribution >= 0.6 is 0 Å². The van der Waals surface area contributed by atoms with Gasteiger partial charge in [-0.2, -0.15) is 0 Å². The van der Waals surface area contributed by atoms with E-state index < -0.39 is 15.9 Å². The molecule has 146 valence electrons. The van der Waals surface area contributed by atoms with Gasteiger partial charge >= 0.3 is 0 Å². The molecule has 0 heterocycles. The van der Waals surface area contributed by atoms with E-state index in [9.17, 15) is 13.2 Å². The van der Waals surface area contributed by atoms with Crippen molar-refractivity contribution < 1.29 is 22.7 Å². The summed E-state index contributed by atoms with van der Waals surface area (Å²) >= 11 is 0. The normalized spacial score (nSPS) is 11.1. The second kappa shape index (κ2) is 9.38. The molecule has 2 aromatic carbocycles. The standard InChI is InChI=1S/C19H24N2O5S/c1-4-14-7-5-6-8-17(14)21-19(22)12-20-27(23,24)13-15-11-16(25-2)9-10-18(15)26-3/h5-11,20H,4,12-13H2,1-3H3,(H,21,22). The summed E-state index contributed by atoms with van der Waals surface area (Å²) in [6, 6.07) is 12.3. The first-order chi connectivity index (χ1) is 12.9. The second-order valence-electron chi connectivity index (χ2n) is 5.82. The fourth-order valence-electron chi connectivity index (χ4n) is 2.57. The van der Waals surface area contributed by atoms with Crippen LogP contribution in [0.5, 0.6) is 11.5 Å². The number of nitrogens with one attached hydrogen (secondary N) is 2. The number of hydrogen-bond acceptors (Lipinski definition) is 5. The topological polar surface area (TPSA) is 93.7 Å². The lowest BCUT2D eigenvalue weighted by atomic mass is 10.1. The zero-order chi connectivity index (χ0) is 19.9. The zero-order valence-electron chi connectivity index (χ0n) is 15.6. The molecule has 0 radical (unpaired) electrons. The van der Waals surface area contributed by atoms with E-state index in [-0.39, 0.29) is 12.3 Å². The Bertz CT molecular complexity index is 897. The van der Waals surface area contributed by atoms with Crippen molar-refractivity contribution in [1.29, 1.82) is 0 Å². The third kappa shape index (κ3) is 5.97. The van der Waals surface area contributed by atoms with Crippen molar-refractivity contribution in [2.75, 3.05) is 26.1 Å². The highest BCUT2D eigenvalue weighted by Crippen LogP contribution is 2.25. The Hall–Kier alpha value is -2.58. The number of aryl methyl sites for hydroxylation is 1. The molecule has 0 aromatic heterocycles. The van der Waals surface area contributed by atoms with Crippen molar-refractivity contribution >= 4 is 21.6 Å². The second-order valence-corrected chi connectivity index (χ2v) is 7.62. The van der Waals surface area contributed by atoms with Crippen LogP contribution in [0.3, 0.4) is 0 Å². The lowest BCUT2D eigenvalue weighted by Crippen LogP contribution is -2.33. The number of para-hydroxylation sites is 1. The summed E-state index contributed by atoms with van der Waals surface area (Å²) in [6.45, 7) is 1.63. The van der Waals surface area contributed by atoms with Crippen LogP contribution in [0.1, 0.15) is 18.1 Å². The van der Waals surface area contributed by atoms with Crippen molar-refractivity contribution in [2.45, 2.75) is 19.1 Å². The summed E-state index contributed by atoms with van der Waals surface area (Å²) in [5.41, 5.74) is 2.11. The molecule has 0 aliphatic rings. The quantitative estimate of drug-likeness (QED) is 0.683. The van der Waals surface area contributed by atoms with Gasteiger partial charge in [0.25, 0.3) is 0 Å². The van der Waals surface area contributed by atoms with E-state index in [0.717, 1.165) is 12.0 Å². The van der Waals surface area contributed by atoms with Gasteiger partial charge in [0.15, 0.2) is 0 Å². The van der Waals surface area contributed by atoms with Crippen LogP contribution in [0, 0.1) is 0 Å². The third-order valence-electron chi connectivity index (χ3n) is 3.96. The molecule has 1 amide bonds. The number of amides is 1. The largest absolute Gasteiger partial charge is 0.497 e. The minimum atomic E-state index is -3.74. The highest BCUT2D eigenvalue weighted by Gasteiger charge is 2.17. The average molecular weight is 392 g/mol. The van der Waals surface area contributed by atoms with Gasteiger partial charge in [0.1, 0.15) is 11.5 Å². The number of carbonyl (C=O) groups is 1. The molecule has 2 rings (SSSR count). The van der Waals surface area contributed by atoms with Crippen molar-refractivity contribution in [1.82, 2.24) is 4.72 Å². The maximum Gasteiger partial charge on any atom is 0.239 e.